The van der Waals surface area contributed by atoms with E-state index in [2.05, 4.69) is 40.4 Å². The van der Waals surface area contributed by atoms with Crippen LogP contribution < -0.4 is 10.6 Å². The summed E-state index contributed by atoms with van der Waals surface area (Å²) >= 11 is 3.49. The maximum atomic E-state index is 12.0. The van der Waals surface area contributed by atoms with Crippen LogP contribution in [0.25, 0.3) is 0 Å². The zero-order valence-electron chi connectivity index (χ0n) is 13.1. The lowest BCUT2D eigenvalue weighted by atomic mass is 10.0. The van der Waals surface area contributed by atoms with Crippen molar-refractivity contribution in [2.24, 2.45) is 0 Å². The lowest BCUT2D eigenvalue weighted by molar-refractivity contribution is -0.114. The second-order valence-electron chi connectivity index (χ2n) is 5.66. The molecule has 0 aliphatic heterocycles. The van der Waals surface area contributed by atoms with Gasteiger partial charge in [-0.15, -0.1) is 0 Å². The Labute approximate surface area is 140 Å². The van der Waals surface area contributed by atoms with Crippen LogP contribution in [0.4, 0.5) is 11.4 Å². The molecule has 2 N–H and O–H groups in total. The standard InChI is InChI=1S/C18H21BrN2O/c1-12(2)14-5-7-15(8-6-14)21-18(22)11-20-17-9-4-13(3)10-16(17)19/h4-10,12,20H,11H2,1-3H3,(H,21,22). The van der Waals surface area contributed by atoms with Gasteiger partial charge in [0.05, 0.1) is 6.54 Å². The molecule has 0 fully saturated rings. The largest absolute Gasteiger partial charge is 0.375 e. The molecule has 0 heterocycles. The number of benzene rings is 2. The molecular weight excluding hydrogens is 340 g/mol. The third-order valence-electron chi connectivity index (χ3n) is 3.43. The third kappa shape index (κ3) is 4.60. The first-order valence-corrected chi connectivity index (χ1v) is 8.15. The first kappa shape index (κ1) is 16.6. The quantitative estimate of drug-likeness (QED) is 0.793. The topological polar surface area (TPSA) is 41.1 Å². The molecule has 4 heteroatoms. The van der Waals surface area contributed by atoms with Gasteiger partial charge in [0, 0.05) is 15.8 Å². The zero-order valence-corrected chi connectivity index (χ0v) is 14.7. The molecule has 0 saturated heterocycles. The fourth-order valence-electron chi connectivity index (χ4n) is 2.10. The highest BCUT2D eigenvalue weighted by atomic mass is 79.9. The van der Waals surface area contributed by atoms with Crippen molar-refractivity contribution in [3.8, 4) is 0 Å². The summed E-state index contributed by atoms with van der Waals surface area (Å²) in [7, 11) is 0. The summed E-state index contributed by atoms with van der Waals surface area (Å²) in [6.07, 6.45) is 0. The summed E-state index contributed by atoms with van der Waals surface area (Å²) in [5.74, 6) is 0.426. The third-order valence-corrected chi connectivity index (χ3v) is 4.08. The molecule has 0 atom stereocenters. The molecule has 116 valence electrons. The molecule has 22 heavy (non-hydrogen) atoms. The van der Waals surface area contributed by atoms with E-state index in [0.717, 1.165) is 15.8 Å². The number of hydrogen-bond donors (Lipinski definition) is 2. The smallest absolute Gasteiger partial charge is 0.243 e. The summed E-state index contributed by atoms with van der Waals surface area (Å²) in [6.45, 7) is 6.56. The van der Waals surface area contributed by atoms with E-state index >= 15 is 0 Å². The minimum absolute atomic E-state index is 0.0650. The molecule has 0 radical (unpaired) electrons. The minimum Gasteiger partial charge on any atom is -0.375 e. The van der Waals surface area contributed by atoms with Crippen LogP contribution >= 0.6 is 15.9 Å². The van der Waals surface area contributed by atoms with Crippen LogP contribution in [0.2, 0.25) is 0 Å². The summed E-state index contributed by atoms with van der Waals surface area (Å²) < 4.78 is 0.960. The highest BCUT2D eigenvalue weighted by Crippen LogP contribution is 2.23. The van der Waals surface area contributed by atoms with Gasteiger partial charge < -0.3 is 10.6 Å². The summed E-state index contributed by atoms with van der Waals surface area (Å²) in [5.41, 5.74) is 4.17. The first-order valence-electron chi connectivity index (χ1n) is 7.35. The van der Waals surface area contributed by atoms with Crippen molar-refractivity contribution < 1.29 is 4.79 Å². The van der Waals surface area contributed by atoms with E-state index in [0.29, 0.717) is 5.92 Å². The van der Waals surface area contributed by atoms with Crippen molar-refractivity contribution in [2.45, 2.75) is 26.7 Å². The molecule has 0 aromatic heterocycles. The summed E-state index contributed by atoms with van der Waals surface area (Å²) in [5, 5.41) is 6.02. The molecule has 0 unspecified atom stereocenters. The monoisotopic (exact) mass is 360 g/mol. The van der Waals surface area contributed by atoms with E-state index in [4.69, 9.17) is 0 Å². The number of carbonyl (C=O) groups excluding carboxylic acids is 1. The number of halogens is 1. The molecule has 2 aromatic rings. The van der Waals surface area contributed by atoms with E-state index in [-0.39, 0.29) is 12.5 Å². The summed E-state index contributed by atoms with van der Waals surface area (Å²) in [4.78, 5) is 12.0. The fourth-order valence-corrected chi connectivity index (χ4v) is 2.73. The Kier molecular flexibility index (Phi) is 5.61. The Bertz CT molecular complexity index is 651. The van der Waals surface area contributed by atoms with Crippen LogP contribution in [0.1, 0.15) is 30.9 Å². The van der Waals surface area contributed by atoms with E-state index in [1.54, 1.807) is 0 Å². The molecule has 0 saturated carbocycles. The molecule has 2 aromatic carbocycles. The Hall–Kier alpha value is -1.81. The van der Waals surface area contributed by atoms with Gasteiger partial charge in [-0.05, 0) is 64.2 Å². The number of aryl methyl sites for hydroxylation is 1. The molecule has 2 rings (SSSR count). The number of anilines is 2. The van der Waals surface area contributed by atoms with Crippen LogP contribution in [0.3, 0.4) is 0 Å². The fraction of sp³-hybridized carbons (Fsp3) is 0.278. The van der Waals surface area contributed by atoms with E-state index in [9.17, 15) is 4.79 Å². The molecule has 0 bridgehead atoms. The minimum atomic E-state index is -0.0650. The average molecular weight is 361 g/mol. The normalized spacial score (nSPS) is 10.6. The van der Waals surface area contributed by atoms with Crippen LogP contribution in [-0.2, 0) is 4.79 Å². The van der Waals surface area contributed by atoms with E-state index in [1.165, 1.54) is 11.1 Å². The van der Waals surface area contributed by atoms with Crippen molar-refractivity contribution in [3.63, 3.8) is 0 Å². The maximum Gasteiger partial charge on any atom is 0.243 e. The molecule has 1 amide bonds. The number of rotatable bonds is 5. The molecule has 0 spiro atoms. The number of nitrogens with one attached hydrogen (secondary N) is 2. The number of carbonyl (C=O) groups is 1. The van der Waals surface area contributed by atoms with Gasteiger partial charge >= 0.3 is 0 Å². The predicted octanol–water partition coefficient (Wildman–Crippen LogP) is 4.93. The number of hydrogen-bond acceptors (Lipinski definition) is 2. The second kappa shape index (κ2) is 7.45. The Morgan fingerprint density at radius 1 is 1.14 bits per heavy atom. The molecule has 0 aliphatic carbocycles. The van der Waals surface area contributed by atoms with Gasteiger partial charge in [-0.1, -0.05) is 32.0 Å². The second-order valence-corrected chi connectivity index (χ2v) is 6.52. The lowest BCUT2D eigenvalue weighted by Gasteiger charge is -2.11. The van der Waals surface area contributed by atoms with Gasteiger partial charge in [0.15, 0.2) is 0 Å². The predicted molar refractivity (Wildman–Crippen MR) is 96.5 cm³/mol. The Morgan fingerprint density at radius 3 is 2.41 bits per heavy atom. The Morgan fingerprint density at radius 2 is 1.82 bits per heavy atom. The van der Waals surface area contributed by atoms with Crippen LogP contribution in [-0.4, -0.2) is 12.5 Å². The summed E-state index contributed by atoms with van der Waals surface area (Å²) in [6, 6.07) is 14.0. The molecule has 3 nitrogen and oxygen atoms in total. The highest BCUT2D eigenvalue weighted by Gasteiger charge is 2.05. The van der Waals surface area contributed by atoms with Crippen LogP contribution in [0.5, 0.6) is 0 Å². The average Bonchev–Trinajstić information content (AvgIpc) is 2.47. The molecule has 0 aliphatic rings. The van der Waals surface area contributed by atoms with E-state index in [1.807, 2.05) is 49.4 Å². The van der Waals surface area contributed by atoms with Crippen molar-refractivity contribution >= 4 is 33.2 Å². The van der Waals surface area contributed by atoms with Gasteiger partial charge in [-0.2, -0.15) is 0 Å². The van der Waals surface area contributed by atoms with Gasteiger partial charge in [-0.3, -0.25) is 4.79 Å². The van der Waals surface area contributed by atoms with Crippen molar-refractivity contribution in [1.82, 2.24) is 0 Å². The molecular formula is C18H21BrN2O. The zero-order chi connectivity index (χ0) is 16.1. The van der Waals surface area contributed by atoms with Crippen molar-refractivity contribution in [2.75, 3.05) is 17.2 Å². The number of amides is 1. The van der Waals surface area contributed by atoms with Gasteiger partial charge in [-0.25, -0.2) is 0 Å². The van der Waals surface area contributed by atoms with Crippen molar-refractivity contribution in [3.05, 3.63) is 58.1 Å². The van der Waals surface area contributed by atoms with Gasteiger partial charge in [0.1, 0.15) is 0 Å². The maximum absolute atomic E-state index is 12.0. The Balaban J connectivity index is 1.90. The lowest BCUT2D eigenvalue weighted by Crippen LogP contribution is -2.21. The van der Waals surface area contributed by atoms with Crippen LogP contribution in [0, 0.1) is 6.92 Å². The van der Waals surface area contributed by atoms with E-state index < -0.39 is 0 Å². The van der Waals surface area contributed by atoms with Crippen LogP contribution in [0.15, 0.2) is 46.9 Å². The van der Waals surface area contributed by atoms with Crippen molar-refractivity contribution in [1.29, 1.82) is 0 Å². The first-order chi connectivity index (χ1) is 10.5. The van der Waals surface area contributed by atoms with Gasteiger partial charge in [0.2, 0.25) is 5.91 Å². The van der Waals surface area contributed by atoms with Gasteiger partial charge in [0.25, 0.3) is 0 Å². The SMILES string of the molecule is Cc1ccc(NCC(=O)Nc2ccc(C(C)C)cc2)c(Br)c1. The highest BCUT2D eigenvalue weighted by molar-refractivity contribution is 9.10.